The van der Waals surface area contributed by atoms with Gasteiger partial charge in [0.1, 0.15) is 0 Å². The Balaban J connectivity index is 1.60. The molecule has 4 nitrogen and oxygen atoms in total. The van der Waals surface area contributed by atoms with Gasteiger partial charge in [0.05, 0.1) is 17.3 Å². The highest BCUT2D eigenvalue weighted by molar-refractivity contribution is 7.14. The van der Waals surface area contributed by atoms with Gasteiger partial charge in [-0.1, -0.05) is 60.7 Å². The molecule has 2 aromatic carbocycles. The van der Waals surface area contributed by atoms with Gasteiger partial charge in [-0.3, -0.25) is 0 Å². The molecule has 0 aliphatic rings. The van der Waals surface area contributed by atoms with Crippen molar-refractivity contribution < 1.29 is 5.11 Å². The van der Waals surface area contributed by atoms with Gasteiger partial charge in [-0.05, 0) is 28.1 Å². The number of nitrogens with zero attached hydrogens (tertiary/aromatic N) is 3. The number of hydrogen-bond donors (Lipinski definition) is 1. The molecule has 5 aromatic rings. The second-order valence-corrected chi connectivity index (χ2v) is 7.13. The Morgan fingerprint density at radius 3 is 2.22 bits per heavy atom. The molecule has 0 saturated heterocycles. The van der Waals surface area contributed by atoms with Crippen LogP contribution < -0.4 is 0 Å². The molecule has 0 amide bonds. The quantitative estimate of drug-likeness (QED) is 0.457. The highest BCUT2D eigenvalue weighted by Crippen LogP contribution is 2.36. The van der Waals surface area contributed by atoms with E-state index >= 15 is 0 Å². The molecule has 0 saturated carbocycles. The van der Waals surface area contributed by atoms with Gasteiger partial charge in [0, 0.05) is 11.1 Å². The minimum Gasteiger partial charge on any atom is -0.493 e. The summed E-state index contributed by atoms with van der Waals surface area (Å²) in [7, 11) is 0. The van der Waals surface area contributed by atoms with E-state index in [0.29, 0.717) is 11.2 Å². The van der Waals surface area contributed by atoms with E-state index < -0.39 is 0 Å². The lowest BCUT2D eigenvalue weighted by Gasteiger charge is -2.06. The van der Waals surface area contributed by atoms with Crippen molar-refractivity contribution in [2.75, 3.05) is 0 Å². The number of hydrogen-bond acceptors (Lipinski definition) is 4. The molecule has 5 heteroatoms. The summed E-state index contributed by atoms with van der Waals surface area (Å²) in [6, 6.07) is 22.1. The number of benzene rings is 2. The third-order valence-electron chi connectivity index (χ3n) is 4.56. The molecule has 1 N–H and O–H groups in total. The third-order valence-corrected chi connectivity index (χ3v) is 5.52. The summed E-state index contributed by atoms with van der Waals surface area (Å²) < 4.78 is 1.50. The fourth-order valence-corrected chi connectivity index (χ4v) is 4.10. The van der Waals surface area contributed by atoms with Crippen molar-refractivity contribution in [3.63, 3.8) is 0 Å². The fourth-order valence-electron chi connectivity index (χ4n) is 3.17. The van der Waals surface area contributed by atoms with Crippen LogP contribution in [0.5, 0.6) is 5.88 Å². The molecule has 0 fully saturated rings. The van der Waals surface area contributed by atoms with Gasteiger partial charge in [0.15, 0.2) is 5.65 Å². The van der Waals surface area contributed by atoms with Crippen molar-refractivity contribution in [2.45, 2.75) is 0 Å². The van der Waals surface area contributed by atoms with E-state index in [1.807, 2.05) is 48.5 Å². The number of aromatic nitrogens is 3. The first-order chi connectivity index (χ1) is 13.3. The second-order valence-electron chi connectivity index (χ2n) is 6.22. The van der Waals surface area contributed by atoms with Crippen LogP contribution in [-0.4, -0.2) is 19.7 Å². The summed E-state index contributed by atoms with van der Waals surface area (Å²) in [5.74, 6) is 0.0947. The van der Waals surface area contributed by atoms with Crippen molar-refractivity contribution >= 4 is 17.0 Å². The maximum Gasteiger partial charge on any atom is 0.223 e. The van der Waals surface area contributed by atoms with Crippen molar-refractivity contribution in [3.8, 4) is 38.6 Å². The maximum atomic E-state index is 10.7. The highest BCUT2D eigenvalue weighted by Gasteiger charge is 2.16. The van der Waals surface area contributed by atoms with Gasteiger partial charge in [-0.2, -0.15) is 9.61 Å². The Labute approximate surface area is 160 Å². The lowest BCUT2D eigenvalue weighted by atomic mass is 10.1. The van der Waals surface area contributed by atoms with Crippen LogP contribution in [0.1, 0.15) is 0 Å². The third kappa shape index (κ3) is 2.69. The molecule has 0 radical (unpaired) electrons. The monoisotopic (exact) mass is 369 g/mol. The van der Waals surface area contributed by atoms with Crippen LogP contribution in [-0.2, 0) is 0 Å². The zero-order valence-corrected chi connectivity index (χ0v) is 15.1. The van der Waals surface area contributed by atoms with Gasteiger partial charge in [-0.25, -0.2) is 4.98 Å². The van der Waals surface area contributed by atoms with Crippen molar-refractivity contribution in [1.29, 1.82) is 0 Å². The molecule has 0 aliphatic heterocycles. The molecule has 3 aromatic heterocycles. The minimum atomic E-state index is 0.0947. The zero-order chi connectivity index (χ0) is 18.2. The van der Waals surface area contributed by atoms with Gasteiger partial charge >= 0.3 is 0 Å². The Hall–Kier alpha value is -3.44. The first-order valence-electron chi connectivity index (χ1n) is 8.57. The number of rotatable bonds is 3. The second kappa shape index (κ2) is 6.37. The summed E-state index contributed by atoms with van der Waals surface area (Å²) in [5.41, 5.74) is 5.47. The first-order valence-corrected chi connectivity index (χ1v) is 9.45. The number of aromatic hydroxyl groups is 1. The summed E-state index contributed by atoms with van der Waals surface area (Å²) >= 11 is 1.65. The molecule has 0 atom stereocenters. The van der Waals surface area contributed by atoms with Crippen molar-refractivity contribution in [2.24, 2.45) is 0 Å². The fraction of sp³-hybridized carbons (Fsp3) is 0. The molecule has 0 aliphatic carbocycles. The van der Waals surface area contributed by atoms with Crippen LogP contribution in [0.4, 0.5) is 0 Å². The molecule has 0 bridgehead atoms. The topological polar surface area (TPSA) is 50.4 Å². The van der Waals surface area contributed by atoms with Gasteiger partial charge in [0.2, 0.25) is 5.88 Å². The van der Waals surface area contributed by atoms with E-state index in [0.717, 1.165) is 16.0 Å². The SMILES string of the molecule is Oc1c(-c2ccccc2)cnc2c(-c3cc(-c4ccccc4)cs3)cnn12. The maximum absolute atomic E-state index is 10.7. The van der Waals surface area contributed by atoms with E-state index in [-0.39, 0.29) is 5.88 Å². The Kier molecular flexibility index (Phi) is 3.73. The van der Waals surface area contributed by atoms with Gasteiger partial charge in [0.25, 0.3) is 0 Å². The molecular formula is C22H15N3OS. The standard InChI is InChI=1S/C22H15N3OS/c26-22-18(16-9-5-2-6-10-16)12-23-21-19(13-24-25(21)22)20-11-17(14-27-20)15-7-3-1-4-8-15/h1-14,26H. The molecule has 5 rings (SSSR count). The van der Waals surface area contributed by atoms with E-state index in [1.165, 1.54) is 15.6 Å². The van der Waals surface area contributed by atoms with Crippen LogP contribution in [0.25, 0.3) is 38.3 Å². The van der Waals surface area contributed by atoms with Crippen LogP contribution >= 0.6 is 11.3 Å². The average Bonchev–Trinajstić information content (AvgIpc) is 3.37. The molecule has 130 valence electrons. The Morgan fingerprint density at radius 1 is 0.778 bits per heavy atom. The molecular weight excluding hydrogens is 354 g/mol. The van der Waals surface area contributed by atoms with E-state index in [1.54, 1.807) is 23.7 Å². The normalized spacial score (nSPS) is 11.1. The van der Waals surface area contributed by atoms with Crippen LogP contribution in [0.15, 0.2) is 84.5 Å². The molecule has 0 spiro atoms. The Bertz CT molecular complexity index is 1230. The molecule has 27 heavy (non-hydrogen) atoms. The van der Waals surface area contributed by atoms with E-state index in [4.69, 9.17) is 0 Å². The number of thiophene rings is 1. The van der Waals surface area contributed by atoms with Crippen LogP contribution in [0.2, 0.25) is 0 Å². The summed E-state index contributed by atoms with van der Waals surface area (Å²) in [6.07, 6.45) is 3.47. The highest BCUT2D eigenvalue weighted by atomic mass is 32.1. The van der Waals surface area contributed by atoms with Crippen molar-refractivity contribution in [3.05, 3.63) is 84.5 Å². The molecule has 0 unspecified atom stereocenters. The van der Waals surface area contributed by atoms with E-state index in [9.17, 15) is 5.11 Å². The Morgan fingerprint density at radius 2 is 1.48 bits per heavy atom. The summed E-state index contributed by atoms with van der Waals surface area (Å²) in [6.45, 7) is 0. The van der Waals surface area contributed by atoms with Gasteiger partial charge < -0.3 is 5.11 Å². The van der Waals surface area contributed by atoms with Crippen LogP contribution in [0.3, 0.4) is 0 Å². The average molecular weight is 369 g/mol. The summed E-state index contributed by atoms with van der Waals surface area (Å²) in [5, 5.41) is 17.2. The summed E-state index contributed by atoms with van der Waals surface area (Å²) in [4.78, 5) is 5.66. The number of fused-ring (bicyclic) bond motifs is 1. The first kappa shape index (κ1) is 15.8. The smallest absolute Gasteiger partial charge is 0.223 e. The van der Waals surface area contributed by atoms with Crippen LogP contribution in [0, 0.1) is 0 Å². The van der Waals surface area contributed by atoms with Gasteiger partial charge in [-0.15, -0.1) is 11.3 Å². The lowest BCUT2D eigenvalue weighted by molar-refractivity contribution is 0.437. The molecule has 3 heterocycles. The van der Waals surface area contributed by atoms with E-state index in [2.05, 4.69) is 33.7 Å². The van der Waals surface area contributed by atoms with Crippen molar-refractivity contribution in [1.82, 2.24) is 14.6 Å². The predicted octanol–water partition coefficient (Wildman–Crippen LogP) is 5.50. The predicted molar refractivity (Wildman–Crippen MR) is 109 cm³/mol. The minimum absolute atomic E-state index is 0.0947. The largest absolute Gasteiger partial charge is 0.493 e. The lowest BCUT2D eigenvalue weighted by Crippen LogP contribution is -1.94. The zero-order valence-electron chi connectivity index (χ0n) is 14.3.